The molecule has 0 bridgehead atoms. The molecule has 0 radical (unpaired) electrons. The van der Waals surface area contributed by atoms with Gasteiger partial charge in [-0.25, -0.2) is 0 Å². The molecule has 1 fully saturated rings. The van der Waals surface area contributed by atoms with E-state index in [-0.39, 0.29) is 6.54 Å². The maximum absolute atomic E-state index is 11.3. The number of nitrogens with two attached hydrogens (primary N) is 1. The predicted octanol–water partition coefficient (Wildman–Crippen LogP) is 0.659. The van der Waals surface area contributed by atoms with Crippen molar-refractivity contribution < 1.29 is 19.4 Å². The van der Waals surface area contributed by atoms with Gasteiger partial charge in [0.1, 0.15) is 5.75 Å². The molecule has 1 aromatic carbocycles. The van der Waals surface area contributed by atoms with E-state index in [2.05, 4.69) is 4.90 Å². The number of anilines is 1. The molecule has 6 nitrogen and oxygen atoms in total. The molecule has 0 saturated carbocycles. The highest BCUT2D eigenvalue weighted by atomic mass is 16.5. The SMILES string of the molecule is COc1ccc(N2CCOCC2)cc1C(CN)C(=O)O. The zero-order valence-electron chi connectivity index (χ0n) is 11.5. The van der Waals surface area contributed by atoms with Gasteiger partial charge >= 0.3 is 5.97 Å². The highest BCUT2D eigenvalue weighted by molar-refractivity contribution is 5.78. The molecule has 0 spiro atoms. The van der Waals surface area contributed by atoms with Crippen LogP contribution in [0.2, 0.25) is 0 Å². The van der Waals surface area contributed by atoms with Crippen molar-refractivity contribution >= 4 is 11.7 Å². The molecule has 1 unspecified atom stereocenters. The molecule has 0 aromatic heterocycles. The molecule has 1 atom stereocenters. The van der Waals surface area contributed by atoms with E-state index in [4.69, 9.17) is 15.2 Å². The monoisotopic (exact) mass is 280 g/mol. The first-order chi connectivity index (χ1) is 9.67. The molecule has 6 heteroatoms. The molecule has 110 valence electrons. The fourth-order valence-electron chi connectivity index (χ4n) is 2.37. The quantitative estimate of drug-likeness (QED) is 0.824. The fraction of sp³-hybridized carbons (Fsp3) is 0.500. The number of ether oxygens (including phenoxy) is 2. The zero-order valence-corrected chi connectivity index (χ0v) is 11.5. The Bertz CT molecular complexity index is 472. The van der Waals surface area contributed by atoms with Gasteiger partial charge in [0.25, 0.3) is 0 Å². The van der Waals surface area contributed by atoms with E-state index in [1.807, 2.05) is 12.1 Å². The van der Waals surface area contributed by atoms with E-state index in [0.29, 0.717) is 24.5 Å². The average Bonchev–Trinajstić information content (AvgIpc) is 2.48. The number of morpholine rings is 1. The molecule has 1 aliphatic heterocycles. The average molecular weight is 280 g/mol. The van der Waals surface area contributed by atoms with Crippen LogP contribution in [-0.4, -0.2) is 51.0 Å². The summed E-state index contributed by atoms with van der Waals surface area (Å²) in [4.78, 5) is 13.5. The van der Waals surface area contributed by atoms with Gasteiger partial charge in [-0.05, 0) is 18.2 Å². The van der Waals surface area contributed by atoms with Crippen LogP contribution >= 0.6 is 0 Å². The third-order valence-corrected chi connectivity index (χ3v) is 3.50. The Balaban J connectivity index is 2.34. The van der Waals surface area contributed by atoms with E-state index in [9.17, 15) is 9.90 Å². The van der Waals surface area contributed by atoms with Crippen LogP contribution in [0.25, 0.3) is 0 Å². The first-order valence-electron chi connectivity index (χ1n) is 6.61. The molecule has 1 aromatic rings. The van der Waals surface area contributed by atoms with Gasteiger partial charge in [0.2, 0.25) is 0 Å². The molecular formula is C14H20N2O4. The van der Waals surface area contributed by atoms with Crippen LogP contribution in [0.15, 0.2) is 18.2 Å². The van der Waals surface area contributed by atoms with Crippen molar-refractivity contribution in [3.8, 4) is 5.75 Å². The smallest absolute Gasteiger partial charge is 0.312 e. The largest absolute Gasteiger partial charge is 0.496 e. The lowest BCUT2D eigenvalue weighted by molar-refractivity contribution is -0.138. The summed E-state index contributed by atoms with van der Waals surface area (Å²) in [6.45, 7) is 3.00. The van der Waals surface area contributed by atoms with Crippen molar-refractivity contribution in [1.82, 2.24) is 0 Å². The number of nitrogens with zero attached hydrogens (tertiary/aromatic N) is 1. The van der Waals surface area contributed by atoms with Crippen LogP contribution in [0.5, 0.6) is 5.75 Å². The van der Waals surface area contributed by atoms with E-state index in [1.165, 1.54) is 7.11 Å². The van der Waals surface area contributed by atoms with Crippen LogP contribution in [0.3, 0.4) is 0 Å². The first-order valence-corrected chi connectivity index (χ1v) is 6.61. The second-order valence-electron chi connectivity index (χ2n) is 4.65. The van der Waals surface area contributed by atoms with Crippen molar-refractivity contribution in [2.45, 2.75) is 5.92 Å². The molecule has 0 aliphatic carbocycles. The summed E-state index contributed by atoms with van der Waals surface area (Å²) in [5.74, 6) is -1.14. The van der Waals surface area contributed by atoms with Crippen LogP contribution in [0.1, 0.15) is 11.5 Å². The van der Waals surface area contributed by atoms with Gasteiger partial charge < -0.3 is 25.2 Å². The second-order valence-corrected chi connectivity index (χ2v) is 4.65. The van der Waals surface area contributed by atoms with Crippen molar-refractivity contribution in [3.63, 3.8) is 0 Å². The number of aliphatic carboxylic acids is 1. The predicted molar refractivity (Wildman–Crippen MR) is 75.5 cm³/mol. The topological polar surface area (TPSA) is 85.0 Å². The van der Waals surface area contributed by atoms with Gasteiger partial charge in [0, 0.05) is 30.9 Å². The third-order valence-electron chi connectivity index (χ3n) is 3.50. The van der Waals surface area contributed by atoms with Crippen LogP contribution in [0.4, 0.5) is 5.69 Å². The van der Waals surface area contributed by atoms with Crippen molar-refractivity contribution in [2.75, 3.05) is 44.9 Å². The summed E-state index contributed by atoms with van der Waals surface area (Å²) < 4.78 is 10.6. The summed E-state index contributed by atoms with van der Waals surface area (Å²) in [5.41, 5.74) is 7.18. The Morgan fingerprint density at radius 3 is 2.75 bits per heavy atom. The highest BCUT2D eigenvalue weighted by Crippen LogP contribution is 2.31. The first kappa shape index (κ1) is 14.6. The number of carboxylic acid groups (broad SMARTS) is 1. The third kappa shape index (κ3) is 3.02. The summed E-state index contributed by atoms with van der Waals surface area (Å²) >= 11 is 0. The number of methoxy groups -OCH3 is 1. The zero-order chi connectivity index (χ0) is 14.5. The molecule has 1 heterocycles. The number of hydrogen-bond donors (Lipinski definition) is 2. The Labute approximate surface area is 118 Å². The number of benzene rings is 1. The summed E-state index contributed by atoms with van der Waals surface area (Å²) in [6.07, 6.45) is 0. The minimum Gasteiger partial charge on any atom is -0.496 e. The van der Waals surface area contributed by atoms with Crippen molar-refractivity contribution in [3.05, 3.63) is 23.8 Å². The molecule has 2 rings (SSSR count). The van der Waals surface area contributed by atoms with E-state index >= 15 is 0 Å². The lowest BCUT2D eigenvalue weighted by Crippen LogP contribution is -2.36. The summed E-state index contributed by atoms with van der Waals surface area (Å²) in [7, 11) is 1.53. The Hall–Kier alpha value is -1.79. The Kier molecular flexibility index (Phi) is 4.81. The minimum atomic E-state index is -0.940. The van der Waals surface area contributed by atoms with Crippen LogP contribution in [0, 0.1) is 0 Å². The molecule has 0 amide bonds. The van der Waals surface area contributed by atoms with Gasteiger partial charge in [0.15, 0.2) is 0 Å². The number of rotatable bonds is 5. The molecule has 1 aliphatic rings. The molecular weight excluding hydrogens is 260 g/mol. The van der Waals surface area contributed by atoms with Crippen molar-refractivity contribution in [1.29, 1.82) is 0 Å². The van der Waals surface area contributed by atoms with Gasteiger partial charge in [0.05, 0.1) is 26.2 Å². The van der Waals surface area contributed by atoms with E-state index in [0.717, 1.165) is 18.8 Å². The standard InChI is InChI=1S/C14H20N2O4/c1-19-13-3-2-10(16-4-6-20-7-5-16)8-11(13)12(9-15)14(17)18/h2-3,8,12H,4-7,9,15H2,1H3,(H,17,18). The molecule has 1 saturated heterocycles. The minimum absolute atomic E-state index is 0.0399. The lowest BCUT2D eigenvalue weighted by atomic mass is 9.97. The Morgan fingerprint density at radius 2 is 2.20 bits per heavy atom. The van der Waals surface area contributed by atoms with E-state index < -0.39 is 11.9 Å². The van der Waals surface area contributed by atoms with Crippen LogP contribution in [-0.2, 0) is 9.53 Å². The van der Waals surface area contributed by atoms with Gasteiger partial charge in [-0.1, -0.05) is 0 Å². The van der Waals surface area contributed by atoms with Gasteiger partial charge in [-0.3, -0.25) is 4.79 Å². The summed E-state index contributed by atoms with van der Waals surface area (Å²) in [6, 6.07) is 5.59. The second kappa shape index (κ2) is 6.58. The number of carboxylic acids is 1. The van der Waals surface area contributed by atoms with Gasteiger partial charge in [-0.2, -0.15) is 0 Å². The molecule has 3 N–H and O–H groups in total. The molecule has 20 heavy (non-hydrogen) atoms. The van der Waals surface area contributed by atoms with E-state index in [1.54, 1.807) is 6.07 Å². The van der Waals surface area contributed by atoms with Gasteiger partial charge in [-0.15, -0.1) is 0 Å². The highest BCUT2D eigenvalue weighted by Gasteiger charge is 2.23. The maximum atomic E-state index is 11.3. The number of carbonyl (C=O) groups is 1. The lowest BCUT2D eigenvalue weighted by Gasteiger charge is -2.30. The Morgan fingerprint density at radius 1 is 1.50 bits per heavy atom. The van der Waals surface area contributed by atoms with Crippen LogP contribution < -0.4 is 15.4 Å². The summed E-state index contributed by atoms with van der Waals surface area (Å²) in [5, 5.41) is 9.28. The normalized spacial score (nSPS) is 16.8. The fourth-order valence-corrected chi connectivity index (χ4v) is 2.37. The maximum Gasteiger partial charge on any atom is 0.312 e. The van der Waals surface area contributed by atoms with Crippen molar-refractivity contribution in [2.24, 2.45) is 5.73 Å². The number of hydrogen-bond acceptors (Lipinski definition) is 5.